The first-order valence-corrected chi connectivity index (χ1v) is 5.99. The lowest BCUT2D eigenvalue weighted by Crippen LogP contribution is -2.29. The highest BCUT2D eigenvalue weighted by molar-refractivity contribution is 5.49. The Morgan fingerprint density at radius 1 is 1.50 bits per heavy atom. The van der Waals surface area contributed by atoms with Crippen molar-refractivity contribution in [1.29, 1.82) is 0 Å². The molecule has 16 heavy (non-hydrogen) atoms. The summed E-state index contributed by atoms with van der Waals surface area (Å²) in [4.78, 5) is 6.74. The topological polar surface area (TPSA) is 36.4 Å². The molecule has 0 aliphatic carbocycles. The van der Waals surface area contributed by atoms with Crippen LogP contribution < -0.4 is 4.90 Å². The first kappa shape index (κ1) is 11.4. The van der Waals surface area contributed by atoms with Crippen LogP contribution in [0.4, 0.5) is 5.82 Å². The molecule has 88 valence electrons. The average Bonchev–Trinajstić information content (AvgIpc) is 2.57. The molecule has 0 saturated carbocycles. The van der Waals surface area contributed by atoms with E-state index in [0.717, 1.165) is 17.9 Å². The lowest BCUT2D eigenvalue weighted by Gasteiger charge is -2.25. The zero-order chi connectivity index (χ0) is 11.7. The Labute approximate surface area is 97.1 Å². The van der Waals surface area contributed by atoms with Gasteiger partial charge in [-0.05, 0) is 32.3 Å². The lowest BCUT2D eigenvalue weighted by atomic mass is 10.1. The normalized spacial score (nSPS) is 27.1. The van der Waals surface area contributed by atoms with Crippen LogP contribution in [0, 0.1) is 5.92 Å². The summed E-state index contributed by atoms with van der Waals surface area (Å²) in [6.07, 6.45) is 2.55. The van der Waals surface area contributed by atoms with Crippen LogP contribution in [0.2, 0.25) is 0 Å². The first-order valence-electron chi connectivity index (χ1n) is 5.99. The van der Waals surface area contributed by atoms with Gasteiger partial charge in [0.15, 0.2) is 0 Å². The number of pyridine rings is 1. The molecule has 2 rings (SSSR count). The molecule has 1 N–H and O–H groups in total. The maximum absolute atomic E-state index is 9.75. The van der Waals surface area contributed by atoms with Crippen LogP contribution in [0.1, 0.15) is 38.9 Å². The Balaban J connectivity index is 2.33. The molecule has 3 nitrogen and oxygen atoms in total. The van der Waals surface area contributed by atoms with Crippen molar-refractivity contribution in [3.05, 3.63) is 23.9 Å². The van der Waals surface area contributed by atoms with Gasteiger partial charge in [-0.15, -0.1) is 0 Å². The van der Waals surface area contributed by atoms with Crippen molar-refractivity contribution in [2.24, 2.45) is 5.92 Å². The number of anilines is 1. The molecule has 0 spiro atoms. The molecule has 0 bridgehead atoms. The number of rotatable bonds is 2. The van der Waals surface area contributed by atoms with Crippen LogP contribution in [0.3, 0.4) is 0 Å². The molecule has 1 aromatic heterocycles. The molecular weight excluding hydrogens is 200 g/mol. The van der Waals surface area contributed by atoms with E-state index >= 15 is 0 Å². The van der Waals surface area contributed by atoms with Crippen molar-refractivity contribution < 1.29 is 5.11 Å². The number of hydrogen-bond acceptors (Lipinski definition) is 3. The van der Waals surface area contributed by atoms with E-state index in [0.29, 0.717) is 12.0 Å². The van der Waals surface area contributed by atoms with Crippen LogP contribution in [0.15, 0.2) is 18.3 Å². The molecular formula is C13H20N2O. The number of aromatic nitrogens is 1. The standard InChI is InChI=1S/C13H20N2O/c1-9-7-10(2)15(8-9)13-12(11(3)16)5-4-6-14-13/h4-6,9-11,16H,7-8H2,1-3H3. The van der Waals surface area contributed by atoms with Gasteiger partial charge in [-0.25, -0.2) is 4.98 Å². The highest BCUT2D eigenvalue weighted by atomic mass is 16.3. The largest absolute Gasteiger partial charge is 0.389 e. The minimum absolute atomic E-state index is 0.452. The van der Waals surface area contributed by atoms with E-state index in [1.165, 1.54) is 6.42 Å². The highest BCUT2D eigenvalue weighted by Gasteiger charge is 2.29. The monoisotopic (exact) mass is 220 g/mol. The van der Waals surface area contributed by atoms with Crippen molar-refractivity contribution in [2.75, 3.05) is 11.4 Å². The van der Waals surface area contributed by atoms with Gasteiger partial charge in [-0.2, -0.15) is 0 Å². The number of aliphatic hydroxyl groups excluding tert-OH is 1. The number of hydrogen-bond donors (Lipinski definition) is 1. The predicted octanol–water partition coefficient (Wildman–Crippen LogP) is 2.37. The maximum atomic E-state index is 9.75. The zero-order valence-electron chi connectivity index (χ0n) is 10.2. The second kappa shape index (κ2) is 4.42. The Bertz CT molecular complexity index is 365. The lowest BCUT2D eigenvalue weighted by molar-refractivity contribution is 0.199. The summed E-state index contributed by atoms with van der Waals surface area (Å²) in [6.45, 7) is 7.33. The first-order chi connectivity index (χ1) is 7.59. The molecule has 1 fully saturated rings. The van der Waals surface area contributed by atoms with Crippen molar-refractivity contribution in [3.8, 4) is 0 Å². The summed E-state index contributed by atoms with van der Waals surface area (Å²) in [6, 6.07) is 4.36. The summed E-state index contributed by atoms with van der Waals surface area (Å²) in [7, 11) is 0. The summed E-state index contributed by atoms with van der Waals surface area (Å²) in [5, 5.41) is 9.75. The molecule has 1 aromatic rings. The van der Waals surface area contributed by atoms with Gasteiger partial charge in [-0.1, -0.05) is 13.0 Å². The molecule has 0 amide bonds. The van der Waals surface area contributed by atoms with Gasteiger partial charge in [-0.3, -0.25) is 0 Å². The SMILES string of the molecule is CC1CC(C)N(c2ncccc2C(C)O)C1. The molecule has 3 unspecified atom stereocenters. The molecule has 1 aliphatic heterocycles. The van der Waals surface area contributed by atoms with Crippen LogP contribution in [-0.4, -0.2) is 22.7 Å². The Kier molecular flexibility index (Phi) is 3.15. The molecule has 2 heterocycles. The van der Waals surface area contributed by atoms with Gasteiger partial charge in [0.2, 0.25) is 0 Å². The third-order valence-electron chi connectivity index (χ3n) is 3.32. The second-order valence-electron chi connectivity index (χ2n) is 4.93. The third-order valence-corrected chi connectivity index (χ3v) is 3.32. The van der Waals surface area contributed by atoms with Crippen molar-refractivity contribution in [1.82, 2.24) is 4.98 Å². The van der Waals surface area contributed by atoms with E-state index in [9.17, 15) is 5.11 Å². The van der Waals surface area contributed by atoms with E-state index in [2.05, 4.69) is 23.7 Å². The molecule has 0 aromatic carbocycles. The van der Waals surface area contributed by atoms with Gasteiger partial charge >= 0.3 is 0 Å². The van der Waals surface area contributed by atoms with E-state index in [1.54, 1.807) is 13.1 Å². The number of nitrogens with zero attached hydrogens (tertiary/aromatic N) is 2. The van der Waals surface area contributed by atoms with E-state index in [4.69, 9.17) is 0 Å². The van der Waals surface area contributed by atoms with Crippen LogP contribution in [0.5, 0.6) is 0 Å². The molecule has 1 aliphatic rings. The summed E-state index contributed by atoms with van der Waals surface area (Å²) < 4.78 is 0. The molecule has 0 radical (unpaired) electrons. The van der Waals surface area contributed by atoms with E-state index < -0.39 is 6.10 Å². The van der Waals surface area contributed by atoms with Gasteiger partial charge in [0, 0.05) is 24.3 Å². The van der Waals surface area contributed by atoms with Gasteiger partial charge in [0.05, 0.1) is 6.10 Å². The summed E-state index contributed by atoms with van der Waals surface area (Å²) >= 11 is 0. The maximum Gasteiger partial charge on any atom is 0.134 e. The molecule has 3 atom stereocenters. The van der Waals surface area contributed by atoms with E-state index in [-0.39, 0.29) is 0 Å². The smallest absolute Gasteiger partial charge is 0.134 e. The second-order valence-corrected chi connectivity index (χ2v) is 4.93. The Hall–Kier alpha value is -1.09. The van der Waals surface area contributed by atoms with Gasteiger partial charge in [0.25, 0.3) is 0 Å². The minimum atomic E-state index is -0.452. The van der Waals surface area contributed by atoms with Crippen molar-refractivity contribution in [3.63, 3.8) is 0 Å². The fourth-order valence-corrected chi connectivity index (χ4v) is 2.57. The van der Waals surface area contributed by atoms with E-state index in [1.807, 2.05) is 12.1 Å². The average molecular weight is 220 g/mol. The predicted molar refractivity (Wildman–Crippen MR) is 65.5 cm³/mol. The Morgan fingerprint density at radius 3 is 2.81 bits per heavy atom. The van der Waals surface area contributed by atoms with Crippen molar-refractivity contribution >= 4 is 5.82 Å². The highest BCUT2D eigenvalue weighted by Crippen LogP contribution is 2.31. The fourth-order valence-electron chi connectivity index (χ4n) is 2.57. The van der Waals surface area contributed by atoms with Crippen LogP contribution in [0.25, 0.3) is 0 Å². The van der Waals surface area contributed by atoms with Crippen LogP contribution in [-0.2, 0) is 0 Å². The summed E-state index contributed by atoms with van der Waals surface area (Å²) in [5.41, 5.74) is 0.934. The zero-order valence-corrected chi connectivity index (χ0v) is 10.2. The molecule has 1 saturated heterocycles. The quantitative estimate of drug-likeness (QED) is 0.831. The summed E-state index contributed by atoms with van der Waals surface area (Å²) in [5.74, 6) is 1.66. The fraction of sp³-hybridized carbons (Fsp3) is 0.615. The molecule has 3 heteroatoms. The van der Waals surface area contributed by atoms with Crippen molar-refractivity contribution in [2.45, 2.75) is 39.3 Å². The number of aliphatic hydroxyl groups is 1. The van der Waals surface area contributed by atoms with Gasteiger partial charge < -0.3 is 10.0 Å². The minimum Gasteiger partial charge on any atom is -0.389 e. The van der Waals surface area contributed by atoms with Gasteiger partial charge in [0.1, 0.15) is 5.82 Å². The van der Waals surface area contributed by atoms with Crippen LogP contribution >= 0.6 is 0 Å². The Morgan fingerprint density at radius 2 is 2.25 bits per heavy atom. The third kappa shape index (κ3) is 2.05.